The van der Waals surface area contributed by atoms with E-state index >= 15 is 0 Å². The number of hydrogen-bond acceptors (Lipinski definition) is 6. The van der Waals surface area contributed by atoms with E-state index in [0.29, 0.717) is 50.8 Å². The van der Waals surface area contributed by atoms with Crippen LogP contribution in [0.25, 0.3) is 28.2 Å². The number of nitrogens with zero attached hydrogens (tertiary/aromatic N) is 3. The second-order valence-electron chi connectivity index (χ2n) is 11.5. The number of aryl methyl sites for hydroxylation is 2. The summed E-state index contributed by atoms with van der Waals surface area (Å²) in [4.78, 5) is 39.5. The molecule has 3 aromatic carbocycles. The number of hydrogen-bond donors (Lipinski definition) is 1. The van der Waals surface area contributed by atoms with Gasteiger partial charge in [-0.15, -0.1) is 0 Å². The van der Waals surface area contributed by atoms with E-state index in [4.69, 9.17) is 14.5 Å². The fourth-order valence-electron chi connectivity index (χ4n) is 6.41. The molecule has 5 aromatic rings. The summed E-state index contributed by atoms with van der Waals surface area (Å²) in [5.74, 6) is 0.984. The monoisotopic (exact) mass is 634 g/mol. The number of H-pyrrole nitrogens is 1. The molecule has 1 aliphatic heterocycles. The lowest BCUT2D eigenvalue weighted by Crippen LogP contribution is -2.43. The molecule has 0 bridgehead atoms. The van der Waals surface area contributed by atoms with Gasteiger partial charge in [-0.05, 0) is 76.1 Å². The van der Waals surface area contributed by atoms with Crippen LogP contribution >= 0.6 is 11.3 Å². The topological polar surface area (TPSA) is 88.9 Å². The molecule has 0 spiro atoms. The number of aromatic amines is 1. The molecule has 2 aromatic heterocycles. The van der Waals surface area contributed by atoms with Crippen molar-refractivity contribution < 1.29 is 14.3 Å². The van der Waals surface area contributed by atoms with Gasteiger partial charge in [0.15, 0.2) is 4.80 Å². The Bertz CT molecular complexity index is 2190. The van der Waals surface area contributed by atoms with Crippen LogP contribution < -0.4 is 24.4 Å². The fourth-order valence-corrected chi connectivity index (χ4v) is 7.44. The van der Waals surface area contributed by atoms with E-state index in [0.717, 1.165) is 38.9 Å². The minimum Gasteiger partial charge on any atom is -0.497 e. The molecule has 46 heavy (non-hydrogen) atoms. The second-order valence-corrected chi connectivity index (χ2v) is 12.5. The number of rotatable bonds is 8. The second kappa shape index (κ2) is 12.5. The van der Waals surface area contributed by atoms with Gasteiger partial charge in [0.25, 0.3) is 11.5 Å². The van der Waals surface area contributed by atoms with Crippen molar-refractivity contribution in [1.82, 2.24) is 14.5 Å². The van der Waals surface area contributed by atoms with Crippen LogP contribution in [0.5, 0.6) is 11.5 Å². The lowest BCUT2D eigenvalue weighted by molar-refractivity contribution is -0.127. The molecule has 9 heteroatoms. The number of amides is 1. The number of carbonyl (C=O) groups excluding carboxylic acids is 1. The lowest BCUT2D eigenvalue weighted by atomic mass is 9.93. The summed E-state index contributed by atoms with van der Waals surface area (Å²) in [6, 6.07) is 19.1. The molecule has 0 aliphatic carbocycles. The molecular weight excluding hydrogens is 596 g/mol. The third kappa shape index (κ3) is 5.24. The third-order valence-electron chi connectivity index (χ3n) is 8.66. The number of benzene rings is 3. The highest BCUT2D eigenvalue weighted by atomic mass is 32.1. The standard InChI is InChI=1S/C37H38N4O4S/c1-8-40(9-2)36(43)31-23(5)38-37-41(34(31)28-19-25(44-6)15-16-29(28)45-7)35(42)30(46-37)20-27-26-18-21(3)17-22(4)32(26)39-33(27)24-13-11-10-12-14-24/h10-20,34,39H,8-9H2,1-7H3/b30-20+/t34-/m0/s1. The van der Waals surface area contributed by atoms with Crippen molar-refractivity contribution in [2.75, 3.05) is 27.3 Å². The molecule has 3 heterocycles. The maximum absolute atomic E-state index is 14.6. The molecule has 6 rings (SSSR count). The number of aromatic nitrogens is 2. The summed E-state index contributed by atoms with van der Waals surface area (Å²) in [5.41, 5.74) is 7.64. The maximum Gasteiger partial charge on any atom is 0.271 e. The highest BCUT2D eigenvalue weighted by molar-refractivity contribution is 7.07. The Labute approximate surface area is 271 Å². The summed E-state index contributed by atoms with van der Waals surface area (Å²) in [5, 5.41) is 1.04. The zero-order chi connectivity index (χ0) is 32.7. The van der Waals surface area contributed by atoms with Crippen LogP contribution in [0, 0.1) is 13.8 Å². The zero-order valence-corrected chi connectivity index (χ0v) is 28.0. The first-order valence-electron chi connectivity index (χ1n) is 15.4. The first-order chi connectivity index (χ1) is 22.2. The number of likely N-dealkylation sites (N-methyl/N-ethyl adjacent to an activating group) is 1. The zero-order valence-electron chi connectivity index (χ0n) is 27.2. The minimum atomic E-state index is -0.766. The first kappa shape index (κ1) is 31.1. The predicted molar refractivity (Wildman–Crippen MR) is 184 cm³/mol. The number of methoxy groups -OCH3 is 2. The molecule has 0 saturated heterocycles. The van der Waals surface area contributed by atoms with Gasteiger partial charge in [-0.1, -0.05) is 53.3 Å². The Hall–Kier alpha value is -4.89. The van der Waals surface area contributed by atoms with Crippen LogP contribution in [-0.4, -0.2) is 47.7 Å². The van der Waals surface area contributed by atoms with Crippen molar-refractivity contribution in [2.45, 2.75) is 40.7 Å². The molecule has 1 N–H and O–H groups in total. The Morgan fingerprint density at radius 1 is 1.02 bits per heavy atom. The summed E-state index contributed by atoms with van der Waals surface area (Å²) in [6.45, 7) is 11.0. The summed E-state index contributed by atoms with van der Waals surface area (Å²) < 4.78 is 13.5. The number of thiazole rings is 1. The Morgan fingerprint density at radius 2 is 1.76 bits per heavy atom. The van der Waals surface area contributed by atoms with E-state index in [1.54, 1.807) is 29.8 Å². The van der Waals surface area contributed by atoms with Crippen molar-refractivity contribution in [3.63, 3.8) is 0 Å². The molecule has 0 unspecified atom stereocenters. The number of ether oxygens (including phenoxy) is 2. The van der Waals surface area contributed by atoms with Crippen LogP contribution in [0.2, 0.25) is 0 Å². The van der Waals surface area contributed by atoms with Gasteiger partial charge >= 0.3 is 0 Å². The Balaban J connectivity index is 1.66. The smallest absolute Gasteiger partial charge is 0.271 e. The highest BCUT2D eigenvalue weighted by Crippen LogP contribution is 2.38. The normalized spacial score (nSPS) is 14.8. The minimum absolute atomic E-state index is 0.163. The van der Waals surface area contributed by atoms with Gasteiger partial charge in [0.1, 0.15) is 17.5 Å². The number of carbonyl (C=O) groups is 1. The van der Waals surface area contributed by atoms with Gasteiger partial charge in [-0.25, -0.2) is 4.99 Å². The molecule has 1 aliphatic rings. The Kier molecular flexibility index (Phi) is 8.44. The molecular formula is C37H38N4O4S. The number of fused-ring (bicyclic) bond motifs is 2. The van der Waals surface area contributed by atoms with E-state index in [2.05, 4.69) is 43.1 Å². The molecule has 0 radical (unpaired) electrons. The average molecular weight is 635 g/mol. The van der Waals surface area contributed by atoms with Crippen LogP contribution in [0.15, 0.2) is 81.7 Å². The van der Waals surface area contributed by atoms with Crippen LogP contribution in [0.3, 0.4) is 0 Å². The van der Waals surface area contributed by atoms with Gasteiger partial charge in [0.2, 0.25) is 0 Å². The summed E-state index contributed by atoms with van der Waals surface area (Å²) in [6.07, 6.45) is 1.97. The molecule has 0 saturated carbocycles. The van der Waals surface area contributed by atoms with Crippen molar-refractivity contribution in [3.8, 4) is 22.8 Å². The molecule has 1 atom stereocenters. The van der Waals surface area contributed by atoms with Crippen molar-refractivity contribution in [3.05, 3.63) is 114 Å². The van der Waals surface area contributed by atoms with Crippen LogP contribution in [0.4, 0.5) is 0 Å². The van der Waals surface area contributed by atoms with Gasteiger partial charge < -0.3 is 19.4 Å². The van der Waals surface area contributed by atoms with E-state index in [1.807, 2.05) is 57.2 Å². The predicted octanol–water partition coefficient (Wildman–Crippen LogP) is 5.89. The average Bonchev–Trinajstić information content (AvgIpc) is 3.57. The van der Waals surface area contributed by atoms with Gasteiger partial charge in [-0.2, -0.15) is 0 Å². The fraction of sp³-hybridized carbons (Fsp3) is 0.270. The van der Waals surface area contributed by atoms with Gasteiger partial charge in [0.05, 0.1) is 35.7 Å². The quantitative estimate of drug-likeness (QED) is 0.231. The first-order valence-corrected chi connectivity index (χ1v) is 16.2. The molecule has 236 valence electrons. The van der Waals surface area contributed by atoms with E-state index in [-0.39, 0.29) is 11.5 Å². The van der Waals surface area contributed by atoms with Crippen LogP contribution in [0.1, 0.15) is 49.1 Å². The third-order valence-corrected chi connectivity index (χ3v) is 9.64. The summed E-state index contributed by atoms with van der Waals surface area (Å²) in [7, 11) is 3.18. The van der Waals surface area contributed by atoms with Crippen molar-refractivity contribution in [2.24, 2.45) is 4.99 Å². The SMILES string of the molecule is CCN(CC)C(=O)C1=C(C)N=c2s/c(=C/c3c(-c4ccccc4)[nH]c4c(C)cc(C)cc34)c(=O)n2[C@H]1c1cc(OC)ccc1OC. The maximum atomic E-state index is 14.6. The van der Waals surface area contributed by atoms with Gasteiger partial charge in [-0.3, -0.25) is 14.2 Å². The van der Waals surface area contributed by atoms with E-state index in [9.17, 15) is 9.59 Å². The number of nitrogens with one attached hydrogen (secondary N) is 1. The van der Waals surface area contributed by atoms with Crippen LogP contribution in [-0.2, 0) is 4.79 Å². The van der Waals surface area contributed by atoms with Crippen molar-refractivity contribution >= 4 is 34.2 Å². The number of allylic oxidation sites excluding steroid dienone is 1. The van der Waals surface area contributed by atoms with E-state index < -0.39 is 6.04 Å². The lowest BCUT2D eigenvalue weighted by Gasteiger charge is -2.30. The van der Waals surface area contributed by atoms with E-state index in [1.165, 1.54) is 11.3 Å². The molecule has 0 fully saturated rings. The molecule has 1 amide bonds. The van der Waals surface area contributed by atoms with Crippen molar-refractivity contribution in [1.29, 1.82) is 0 Å². The highest BCUT2D eigenvalue weighted by Gasteiger charge is 2.36. The van der Waals surface area contributed by atoms with Gasteiger partial charge in [0, 0.05) is 35.1 Å². The largest absolute Gasteiger partial charge is 0.497 e. The summed E-state index contributed by atoms with van der Waals surface area (Å²) >= 11 is 1.32. The Morgan fingerprint density at radius 3 is 2.43 bits per heavy atom. The molecule has 8 nitrogen and oxygen atoms in total.